The van der Waals surface area contributed by atoms with Crippen molar-refractivity contribution in [2.24, 2.45) is 0 Å². The van der Waals surface area contributed by atoms with Gasteiger partial charge in [0.15, 0.2) is 0 Å². The highest BCUT2D eigenvalue weighted by Crippen LogP contribution is 2.27. The number of hydrogen-bond acceptors (Lipinski definition) is 2. The zero-order chi connectivity index (χ0) is 13.0. The van der Waals surface area contributed by atoms with Crippen LogP contribution in [0.5, 0.6) is 5.75 Å². The number of ether oxygens (including phenoxy) is 1. The highest BCUT2D eigenvalue weighted by molar-refractivity contribution is 5.79. The van der Waals surface area contributed by atoms with Crippen molar-refractivity contribution in [3.63, 3.8) is 0 Å². The summed E-state index contributed by atoms with van der Waals surface area (Å²) in [5, 5.41) is 0. The minimum Gasteiger partial charge on any atom is -0.435 e. The van der Waals surface area contributed by atoms with Crippen LogP contribution in [-0.4, -0.2) is 12.4 Å². The molecule has 0 amide bonds. The fourth-order valence-electron chi connectivity index (χ4n) is 1.35. The second kappa shape index (κ2) is 5.65. The van der Waals surface area contributed by atoms with Crippen molar-refractivity contribution >= 4 is 5.78 Å². The van der Waals surface area contributed by atoms with E-state index in [-0.39, 0.29) is 29.1 Å². The molecule has 0 unspecified atom stereocenters. The number of benzene rings is 1. The topological polar surface area (TPSA) is 26.3 Å². The van der Waals surface area contributed by atoms with Gasteiger partial charge in [-0.3, -0.25) is 4.79 Å². The Hall–Kier alpha value is -1.59. The zero-order valence-electron chi connectivity index (χ0n) is 8.92. The number of halogens is 4. The van der Waals surface area contributed by atoms with E-state index in [1.165, 1.54) is 6.92 Å². The molecule has 0 aliphatic heterocycles. The van der Waals surface area contributed by atoms with E-state index in [9.17, 15) is 22.4 Å². The number of Topliss-reactive ketones (excluding diaryl/α,β-unsaturated/α-hetero) is 1. The van der Waals surface area contributed by atoms with E-state index < -0.39 is 13.0 Å². The van der Waals surface area contributed by atoms with Gasteiger partial charge < -0.3 is 4.74 Å². The van der Waals surface area contributed by atoms with E-state index in [1.54, 1.807) is 0 Å². The van der Waals surface area contributed by atoms with Gasteiger partial charge in [-0.2, -0.15) is 8.78 Å². The Bertz CT molecular complexity index is 404. The van der Waals surface area contributed by atoms with Crippen molar-refractivity contribution in [3.05, 3.63) is 29.3 Å². The first-order valence-electron chi connectivity index (χ1n) is 4.75. The van der Waals surface area contributed by atoms with Crippen molar-refractivity contribution in [1.29, 1.82) is 0 Å². The molecule has 94 valence electrons. The van der Waals surface area contributed by atoms with Gasteiger partial charge >= 0.3 is 6.61 Å². The Balaban J connectivity index is 3.07. The molecular weight excluding hydrogens is 240 g/mol. The molecule has 0 saturated heterocycles. The summed E-state index contributed by atoms with van der Waals surface area (Å²) in [7, 11) is 0. The summed E-state index contributed by atoms with van der Waals surface area (Å²) in [5.41, 5.74) is -0.293. The number of carbonyl (C=O) groups is 1. The molecule has 0 aliphatic carbocycles. The van der Waals surface area contributed by atoms with Gasteiger partial charge in [0.1, 0.15) is 11.5 Å². The SMILES string of the molecule is CC(=O)Cc1cc(C(F)F)ccc1OC(F)F. The number of hydrogen-bond donors (Lipinski definition) is 0. The van der Waals surface area contributed by atoms with Gasteiger partial charge in [-0.05, 0) is 25.1 Å². The van der Waals surface area contributed by atoms with Crippen LogP contribution in [-0.2, 0) is 11.2 Å². The van der Waals surface area contributed by atoms with Crippen LogP contribution in [0.25, 0.3) is 0 Å². The van der Waals surface area contributed by atoms with Crippen molar-refractivity contribution in [1.82, 2.24) is 0 Å². The van der Waals surface area contributed by atoms with Crippen LogP contribution in [0, 0.1) is 0 Å². The molecular formula is C11H10F4O2. The average molecular weight is 250 g/mol. The highest BCUT2D eigenvalue weighted by atomic mass is 19.3. The van der Waals surface area contributed by atoms with Gasteiger partial charge in [-0.25, -0.2) is 8.78 Å². The molecule has 0 bridgehead atoms. The lowest BCUT2D eigenvalue weighted by Gasteiger charge is -2.11. The van der Waals surface area contributed by atoms with E-state index in [2.05, 4.69) is 4.74 Å². The molecule has 1 aromatic carbocycles. The minimum absolute atomic E-state index is 0.0376. The molecule has 17 heavy (non-hydrogen) atoms. The second-order valence-electron chi connectivity index (χ2n) is 3.43. The lowest BCUT2D eigenvalue weighted by atomic mass is 10.1. The molecule has 2 nitrogen and oxygen atoms in total. The summed E-state index contributed by atoms with van der Waals surface area (Å²) < 4.78 is 53.0. The quantitative estimate of drug-likeness (QED) is 0.749. The first-order valence-corrected chi connectivity index (χ1v) is 4.75. The zero-order valence-corrected chi connectivity index (χ0v) is 8.92. The van der Waals surface area contributed by atoms with Gasteiger partial charge in [0.05, 0.1) is 0 Å². The van der Waals surface area contributed by atoms with Crippen molar-refractivity contribution in [2.45, 2.75) is 26.4 Å². The van der Waals surface area contributed by atoms with Gasteiger partial charge in [-0.15, -0.1) is 0 Å². The van der Waals surface area contributed by atoms with Crippen LogP contribution < -0.4 is 4.74 Å². The Morgan fingerprint density at radius 3 is 2.41 bits per heavy atom. The summed E-state index contributed by atoms with van der Waals surface area (Å²) in [6.07, 6.45) is -2.94. The lowest BCUT2D eigenvalue weighted by molar-refractivity contribution is -0.116. The Labute approximate surface area is 95.2 Å². The number of alkyl halides is 4. The Morgan fingerprint density at radius 1 is 1.29 bits per heavy atom. The molecule has 0 saturated carbocycles. The smallest absolute Gasteiger partial charge is 0.387 e. The Kier molecular flexibility index (Phi) is 4.48. The first-order chi connectivity index (χ1) is 7.90. The van der Waals surface area contributed by atoms with Crippen molar-refractivity contribution < 1.29 is 27.1 Å². The molecule has 0 atom stereocenters. The summed E-state index contributed by atoms with van der Waals surface area (Å²) >= 11 is 0. The molecule has 6 heteroatoms. The predicted octanol–water partition coefficient (Wildman–Crippen LogP) is 3.36. The van der Waals surface area contributed by atoms with E-state index in [4.69, 9.17) is 0 Å². The normalized spacial score (nSPS) is 11.0. The second-order valence-corrected chi connectivity index (χ2v) is 3.43. The maximum atomic E-state index is 12.4. The molecule has 1 rings (SSSR count). The summed E-state index contributed by atoms with van der Waals surface area (Å²) in [6.45, 7) is -1.82. The van der Waals surface area contributed by atoms with Crippen LogP contribution in [0.2, 0.25) is 0 Å². The Morgan fingerprint density at radius 2 is 1.94 bits per heavy atom. The van der Waals surface area contributed by atoms with Crippen LogP contribution in [0.1, 0.15) is 24.5 Å². The third-order valence-electron chi connectivity index (χ3n) is 1.99. The third kappa shape index (κ3) is 4.05. The maximum absolute atomic E-state index is 12.4. The summed E-state index contributed by atoms with van der Waals surface area (Å²) in [6, 6.07) is 3.02. The van der Waals surface area contributed by atoms with Crippen LogP contribution >= 0.6 is 0 Å². The predicted molar refractivity (Wildman–Crippen MR) is 52.4 cm³/mol. The molecule has 0 heterocycles. The monoisotopic (exact) mass is 250 g/mol. The molecule has 0 aromatic heterocycles. The molecule has 0 fully saturated rings. The minimum atomic E-state index is -3.06. The first kappa shape index (κ1) is 13.5. The van der Waals surface area contributed by atoms with E-state index in [0.717, 1.165) is 18.2 Å². The van der Waals surface area contributed by atoms with E-state index in [0.29, 0.717) is 0 Å². The van der Waals surface area contributed by atoms with E-state index >= 15 is 0 Å². The number of carbonyl (C=O) groups excluding carboxylic acids is 1. The van der Waals surface area contributed by atoms with Crippen molar-refractivity contribution in [3.8, 4) is 5.75 Å². The molecule has 0 N–H and O–H groups in total. The van der Waals surface area contributed by atoms with Gasteiger partial charge in [-0.1, -0.05) is 0 Å². The van der Waals surface area contributed by atoms with Gasteiger partial charge in [0, 0.05) is 17.5 Å². The fourth-order valence-corrected chi connectivity index (χ4v) is 1.35. The third-order valence-corrected chi connectivity index (χ3v) is 1.99. The largest absolute Gasteiger partial charge is 0.435 e. The van der Waals surface area contributed by atoms with Crippen LogP contribution in [0.4, 0.5) is 17.6 Å². The van der Waals surface area contributed by atoms with E-state index in [1.807, 2.05) is 0 Å². The van der Waals surface area contributed by atoms with Crippen LogP contribution in [0.15, 0.2) is 18.2 Å². The van der Waals surface area contributed by atoms with Crippen molar-refractivity contribution in [2.75, 3.05) is 0 Å². The standard InChI is InChI=1S/C11H10F4O2/c1-6(16)4-8-5-7(10(12)13)2-3-9(8)17-11(14)15/h2-3,5,10-11H,4H2,1H3. The average Bonchev–Trinajstić information content (AvgIpc) is 2.18. The number of ketones is 1. The lowest BCUT2D eigenvalue weighted by Crippen LogP contribution is -2.07. The summed E-state index contributed by atoms with van der Waals surface area (Å²) in [5.74, 6) is -0.574. The maximum Gasteiger partial charge on any atom is 0.387 e. The molecule has 0 aliphatic rings. The molecule has 0 spiro atoms. The highest BCUT2D eigenvalue weighted by Gasteiger charge is 2.15. The fraction of sp³-hybridized carbons (Fsp3) is 0.364. The summed E-state index contributed by atoms with van der Waals surface area (Å²) in [4.78, 5) is 10.9. The molecule has 0 radical (unpaired) electrons. The van der Waals surface area contributed by atoms with Crippen LogP contribution in [0.3, 0.4) is 0 Å². The van der Waals surface area contributed by atoms with Gasteiger partial charge in [0.2, 0.25) is 0 Å². The number of rotatable bonds is 5. The molecule has 1 aromatic rings. The van der Waals surface area contributed by atoms with Gasteiger partial charge in [0.25, 0.3) is 6.43 Å².